The number of hydrogen-bond acceptors (Lipinski definition) is 7. The average molecular weight is 372 g/mol. The van der Waals surface area contributed by atoms with Crippen LogP contribution in [0.1, 0.15) is 17.4 Å². The van der Waals surface area contributed by atoms with E-state index >= 15 is 0 Å². The zero-order chi connectivity index (χ0) is 19.2. The number of nitrogens with zero attached hydrogens (tertiary/aromatic N) is 4. The molecule has 3 rings (SSSR count). The van der Waals surface area contributed by atoms with E-state index in [0.29, 0.717) is 43.8 Å². The topological polar surface area (TPSA) is 102 Å². The molecule has 2 heterocycles. The van der Waals surface area contributed by atoms with Crippen molar-refractivity contribution in [3.63, 3.8) is 0 Å². The molecule has 0 radical (unpaired) electrons. The lowest BCUT2D eigenvalue weighted by molar-refractivity contribution is -0.136. The van der Waals surface area contributed by atoms with Gasteiger partial charge in [0.15, 0.2) is 12.3 Å². The van der Waals surface area contributed by atoms with Crippen LogP contribution >= 0.6 is 0 Å². The summed E-state index contributed by atoms with van der Waals surface area (Å²) in [6, 6.07) is 7.16. The van der Waals surface area contributed by atoms with Crippen LogP contribution in [-0.2, 0) is 14.3 Å². The molecular weight excluding hydrogens is 352 g/mol. The minimum absolute atomic E-state index is 0.0497. The van der Waals surface area contributed by atoms with Gasteiger partial charge in [0.05, 0.1) is 23.8 Å². The largest absolute Gasteiger partial charge is 0.451 e. The van der Waals surface area contributed by atoms with Crippen molar-refractivity contribution in [3.05, 3.63) is 36.2 Å². The van der Waals surface area contributed by atoms with Gasteiger partial charge in [0.25, 0.3) is 5.91 Å². The summed E-state index contributed by atoms with van der Waals surface area (Å²) in [7, 11) is 0. The molecule has 0 saturated carbocycles. The van der Waals surface area contributed by atoms with Gasteiger partial charge < -0.3 is 19.3 Å². The summed E-state index contributed by atoms with van der Waals surface area (Å²) in [6.07, 6.45) is 0.943. The monoisotopic (exact) mass is 372 g/mol. The number of esters is 1. The van der Waals surface area contributed by atoms with Crippen molar-refractivity contribution in [2.24, 2.45) is 0 Å². The molecule has 0 N–H and O–H groups in total. The smallest absolute Gasteiger partial charge is 0.409 e. The molecule has 0 unspecified atom stereocenters. The zero-order valence-corrected chi connectivity index (χ0v) is 15.0. The number of carbonyl (C=O) groups excluding carboxylic acids is 3. The van der Waals surface area contributed by atoms with E-state index in [2.05, 4.69) is 9.97 Å². The van der Waals surface area contributed by atoms with E-state index in [0.717, 1.165) is 0 Å². The number of hydrogen-bond donors (Lipinski definition) is 0. The second kappa shape index (κ2) is 8.43. The highest BCUT2D eigenvalue weighted by atomic mass is 16.6. The summed E-state index contributed by atoms with van der Waals surface area (Å²) >= 11 is 0. The van der Waals surface area contributed by atoms with Crippen LogP contribution in [-0.4, -0.2) is 77.1 Å². The SMILES string of the molecule is CCOC(=O)N1CCN(C(=O)COC(=O)c2cnc3ccccc3n2)CC1. The number of para-hydroxylation sites is 2. The lowest BCUT2D eigenvalue weighted by atomic mass is 10.3. The highest BCUT2D eigenvalue weighted by molar-refractivity contribution is 5.91. The molecule has 142 valence electrons. The average Bonchev–Trinajstić information content (AvgIpc) is 2.71. The normalized spacial score (nSPS) is 14.1. The van der Waals surface area contributed by atoms with E-state index in [1.54, 1.807) is 34.9 Å². The maximum Gasteiger partial charge on any atom is 0.409 e. The number of carbonyl (C=O) groups is 3. The number of fused-ring (bicyclic) bond motifs is 1. The number of piperazine rings is 1. The van der Waals surface area contributed by atoms with Crippen molar-refractivity contribution in [1.82, 2.24) is 19.8 Å². The van der Waals surface area contributed by atoms with Gasteiger partial charge in [-0.1, -0.05) is 12.1 Å². The van der Waals surface area contributed by atoms with Crippen LogP contribution in [0.2, 0.25) is 0 Å². The quantitative estimate of drug-likeness (QED) is 0.740. The van der Waals surface area contributed by atoms with Crippen molar-refractivity contribution < 1.29 is 23.9 Å². The van der Waals surface area contributed by atoms with Crippen molar-refractivity contribution in [2.45, 2.75) is 6.92 Å². The van der Waals surface area contributed by atoms with Crippen molar-refractivity contribution in [2.75, 3.05) is 39.4 Å². The lowest BCUT2D eigenvalue weighted by Gasteiger charge is -2.33. The van der Waals surface area contributed by atoms with Crippen LogP contribution < -0.4 is 0 Å². The fourth-order valence-electron chi connectivity index (χ4n) is 2.70. The van der Waals surface area contributed by atoms with Crippen LogP contribution in [0.3, 0.4) is 0 Å². The molecule has 2 aromatic rings. The first-order chi connectivity index (χ1) is 13.1. The first-order valence-electron chi connectivity index (χ1n) is 8.67. The number of rotatable bonds is 4. The van der Waals surface area contributed by atoms with Crippen LogP contribution in [0, 0.1) is 0 Å². The van der Waals surface area contributed by atoms with Crippen molar-refractivity contribution in [3.8, 4) is 0 Å². The molecule has 0 bridgehead atoms. The van der Waals surface area contributed by atoms with Gasteiger partial charge in [0.2, 0.25) is 0 Å². The Balaban J connectivity index is 1.50. The van der Waals surface area contributed by atoms with E-state index < -0.39 is 5.97 Å². The summed E-state index contributed by atoms with van der Waals surface area (Å²) in [4.78, 5) is 47.4. The van der Waals surface area contributed by atoms with Crippen LogP contribution in [0.15, 0.2) is 30.5 Å². The Morgan fingerprint density at radius 2 is 1.67 bits per heavy atom. The standard InChI is InChI=1S/C18H20N4O5/c1-2-26-18(25)22-9-7-21(8-10-22)16(23)12-27-17(24)15-11-19-13-5-3-4-6-14(13)20-15/h3-6,11H,2,7-10,12H2,1H3. The molecule has 0 atom stereocenters. The molecule has 27 heavy (non-hydrogen) atoms. The molecule has 9 nitrogen and oxygen atoms in total. The number of aromatic nitrogens is 2. The Morgan fingerprint density at radius 1 is 1.00 bits per heavy atom. The van der Waals surface area contributed by atoms with Gasteiger partial charge in [-0.15, -0.1) is 0 Å². The second-order valence-electron chi connectivity index (χ2n) is 5.89. The maximum absolute atomic E-state index is 12.2. The lowest BCUT2D eigenvalue weighted by Crippen LogP contribution is -2.51. The molecule has 9 heteroatoms. The van der Waals surface area contributed by atoms with Gasteiger partial charge in [0, 0.05) is 26.2 Å². The summed E-state index contributed by atoms with van der Waals surface area (Å²) in [6.45, 7) is 3.17. The van der Waals surface area contributed by atoms with Crippen molar-refractivity contribution >= 4 is 29.0 Å². The number of ether oxygens (including phenoxy) is 2. The van der Waals surface area contributed by atoms with Gasteiger partial charge in [-0.05, 0) is 19.1 Å². The first kappa shape index (κ1) is 18.6. The zero-order valence-electron chi connectivity index (χ0n) is 15.0. The van der Waals surface area contributed by atoms with Crippen LogP contribution in [0.25, 0.3) is 11.0 Å². The summed E-state index contributed by atoms with van der Waals surface area (Å²) in [5.41, 5.74) is 1.30. The van der Waals surface area contributed by atoms with Crippen molar-refractivity contribution in [1.29, 1.82) is 0 Å². The molecule has 1 saturated heterocycles. The molecule has 1 aliphatic rings. The third kappa shape index (κ3) is 4.49. The number of amides is 2. The van der Waals surface area contributed by atoms with Crippen LogP contribution in [0.5, 0.6) is 0 Å². The van der Waals surface area contributed by atoms with E-state index in [1.807, 2.05) is 6.07 Å². The minimum atomic E-state index is -0.702. The highest BCUT2D eigenvalue weighted by Gasteiger charge is 2.25. The molecule has 1 fully saturated rings. The van der Waals surface area contributed by atoms with Gasteiger partial charge in [-0.25, -0.2) is 14.6 Å². The molecule has 0 spiro atoms. The molecule has 1 aliphatic heterocycles. The van der Waals surface area contributed by atoms with E-state index in [-0.39, 0.29) is 24.3 Å². The van der Waals surface area contributed by atoms with Gasteiger partial charge in [-0.2, -0.15) is 0 Å². The third-order valence-electron chi connectivity index (χ3n) is 4.14. The summed E-state index contributed by atoms with van der Waals surface area (Å²) in [5.74, 6) is -1.02. The fourth-order valence-corrected chi connectivity index (χ4v) is 2.70. The predicted molar refractivity (Wildman–Crippen MR) is 95.0 cm³/mol. The summed E-state index contributed by atoms with van der Waals surface area (Å²) in [5, 5.41) is 0. The molecule has 1 aromatic carbocycles. The number of benzene rings is 1. The Kier molecular flexibility index (Phi) is 5.80. The van der Waals surface area contributed by atoms with E-state index in [1.165, 1.54) is 6.20 Å². The maximum atomic E-state index is 12.2. The minimum Gasteiger partial charge on any atom is -0.451 e. The fraction of sp³-hybridized carbons (Fsp3) is 0.389. The van der Waals surface area contributed by atoms with E-state index in [4.69, 9.17) is 9.47 Å². The Morgan fingerprint density at radius 3 is 2.37 bits per heavy atom. The van der Waals surface area contributed by atoms with Gasteiger partial charge in [0.1, 0.15) is 0 Å². The Bertz CT molecular complexity index is 849. The molecule has 1 aromatic heterocycles. The van der Waals surface area contributed by atoms with Gasteiger partial charge in [-0.3, -0.25) is 9.78 Å². The molecule has 2 amide bonds. The Labute approximate surface area is 155 Å². The van der Waals surface area contributed by atoms with E-state index in [9.17, 15) is 14.4 Å². The second-order valence-corrected chi connectivity index (χ2v) is 5.89. The van der Waals surface area contributed by atoms with Gasteiger partial charge >= 0.3 is 12.1 Å². The Hall–Kier alpha value is -3.23. The molecular formula is C18H20N4O5. The predicted octanol–water partition coefficient (Wildman–Crippen LogP) is 1.09. The highest BCUT2D eigenvalue weighted by Crippen LogP contribution is 2.10. The third-order valence-corrected chi connectivity index (χ3v) is 4.14. The summed E-state index contributed by atoms with van der Waals surface area (Å²) < 4.78 is 10.0. The van der Waals surface area contributed by atoms with Crippen LogP contribution in [0.4, 0.5) is 4.79 Å². The first-order valence-corrected chi connectivity index (χ1v) is 8.67. The molecule has 0 aliphatic carbocycles.